The summed E-state index contributed by atoms with van der Waals surface area (Å²) >= 11 is 0. The van der Waals surface area contributed by atoms with Crippen molar-refractivity contribution in [3.05, 3.63) is 83.8 Å². The van der Waals surface area contributed by atoms with Crippen LogP contribution in [0.3, 0.4) is 0 Å². The van der Waals surface area contributed by atoms with E-state index >= 15 is 0 Å². The predicted molar refractivity (Wildman–Crippen MR) is 118 cm³/mol. The number of carbonyl (C=O) groups excluding carboxylic acids is 2. The first-order valence-electron chi connectivity index (χ1n) is 10.1. The van der Waals surface area contributed by atoms with Crippen molar-refractivity contribution < 1.29 is 9.59 Å². The third-order valence-corrected chi connectivity index (χ3v) is 4.82. The summed E-state index contributed by atoms with van der Waals surface area (Å²) in [5.41, 5.74) is 3.07. The van der Waals surface area contributed by atoms with Crippen LogP contribution in [0, 0.1) is 0 Å². The van der Waals surface area contributed by atoms with E-state index in [1.165, 1.54) is 0 Å². The molecule has 0 spiro atoms. The van der Waals surface area contributed by atoms with Gasteiger partial charge in [0.15, 0.2) is 0 Å². The number of unbranched alkanes of at least 4 members (excludes halogenated alkanes) is 1. The van der Waals surface area contributed by atoms with Crippen molar-refractivity contribution in [2.75, 3.05) is 10.6 Å². The number of rotatable bonds is 10. The number of benzene rings is 1. The first-order valence-corrected chi connectivity index (χ1v) is 10.1. The van der Waals surface area contributed by atoms with E-state index < -0.39 is 0 Å². The topological polar surface area (TPSA) is 84.0 Å². The molecule has 2 heterocycles. The highest BCUT2D eigenvalue weighted by Gasteiger charge is 2.14. The van der Waals surface area contributed by atoms with Gasteiger partial charge in [-0.1, -0.05) is 31.9 Å². The molecule has 0 fully saturated rings. The lowest BCUT2D eigenvalue weighted by molar-refractivity contribution is 0.102. The molecule has 0 aliphatic heterocycles. The molecule has 1 amide bonds. The van der Waals surface area contributed by atoms with Gasteiger partial charge in [-0.2, -0.15) is 0 Å². The van der Waals surface area contributed by atoms with Crippen molar-refractivity contribution >= 4 is 23.7 Å². The fourth-order valence-corrected chi connectivity index (χ4v) is 3.11. The summed E-state index contributed by atoms with van der Waals surface area (Å²) in [4.78, 5) is 32.4. The van der Waals surface area contributed by atoms with Gasteiger partial charge in [0.1, 0.15) is 5.82 Å². The minimum atomic E-state index is -0.252. The molecule has 0 saturated heterocycles. The number of carbonyl (C=O) groups is 1. The molecule has 1 radical (unpaired) electrons. The molecule has 153 valence electrons. The normalized spacial score (nSPS) is 11.5. The van der Waals surface area contributed by atoms with Gasteiger partial charge in [0.2, 0.25) is 6.29 Å². The number of hydrogen-bond acceptors (Lipinski definition) is 5. The third kappa shape index (κ3) is 5.73. The average molecular weight is 401 g/mol. The summed E-state index contributed by atoms with van der Waals surface area (Å²) in [6, 6.07) is 14.6. The van der Waals surface area contributed by atoms with Gasteiger partial charge in [0, 0.05) is 30.8 Å². The summed E-state index contributed by atoms with van der Waals surface area (Å²) in [5.74, 6) is 0.0354. The van der Waals surface area contributed by atoms with E-state index in [0.29, 0.717) is 23.6 Å². The Morgan fingerprint density at radius 3 is 2.53 bits per heavy atom. The smallest absolute Gasteiger partial charge is 0.259 e. The highest BCUT2D eigenvalue weighted by atomic mass is 16.1. The van der Waals surface area contributed by atoms with Crippen LogP contribution in [0.25, 0.3) is 0 Å². The van der Waals surface area contributed by atoms with Crippen LogP contribution in [0.5, 0.6) is 0 Å². The first kappa shape index (κ1) is 21.2. The zero-order chi connectivity index (χ0) is 21.2. The van der Waals surface area contributed by atoms with Gasteiger partial charge in [-0.25, -0.2) is 4.98 Å². The quantitative estimate of drug-likeness (QED) is 0.513. The molecule has 30 heavy (non-hydrogen) atoms. The average Bonchev–Trinajstić information content (AvgIpc) is 2.80. The van der Waals surface area contributed by atoms with Gasteiger partial charge < -0.3 is 10.6 Å². The Kier molecular flexibility index (Phi) is 7.66. The van der Waals surface area contributed by atoms with Gasteiger partial charge in [0.25, 0.3) is 5.91 Å². The number of nitrogens with zero attached hydrogens (tertiary/aromatic N) is 2. The standard InChI is InChI=1S/C24H25N4O2/c1-2-3-5-20(17-29)19-7-9-21(10-8-19)28-24(30)22-6-4-13-26-23(22)27-16-18-11-14-25-15-12-18/h4,6-15,20H,2-3,5,16H2,1H3,(H,26,27)(H,28,30). The van der Waals surface area contributed by atoms with Crippen molar-refractivity contribution in [2.24, 2.45) is 0 Å². The molecule has 0 bridgehead atoms. The summed E-state index contributed by atoms with van der Waals surface area (Å²) in [5, 5.41) is 6.10. The maximum absolute atomic E-state index is 12.8. The van der Waals surface area contributed by atoms with Gasteiger partial charge in [-0.3, -0.25) is 14.6 Å². The highest BCUT2D eigenvalue weighted by Crippen LogP contribution is 2.22. The van der Waals surface area contributed by atoms with Crippen LogP contribution in [0.4, 0.5) is 11.5 Å². The number of aromatic nitrogens is 2. The molecular formula is C24H25N4O2. The Morgan fingerprint density at radius 1 is 1.07 bits per heavy atom. The Bertz CT molecular complexity index is 958. The van der Waals surface area contributed by atoms with Crippen LogP contribution in [0.1, 0.15) is 53.6 Å². The SMILES string of the molecule is CCCCC([C]=O)c1ccc(NC(=O)c2cccnc2NCc2ccncc2)cc1. The molecule has 1 aromatic carbocycles. The van der Waals surface area contributed by atoms with Crippen molar-refractivity contribution in [2.45, 2.75) is 38.6 Å². The van der Waals surface area contributed by atoms with Crippen molar-refractivity contribution in [1.29, 1.82) is 0 Å². The second kappa shape index (κ2) is 10.9. The predicted octanol–water partition coefficient (Wildman–Crippen LogP) is 4.72. The van der Waals surface area contributed by atoms with Crippen LogP contribution < -0.4 is 10.6 Å². The molecule has 3 rings (SSSR count). The molecular weight excluding hydrogens is 376 g/mol. The largest absolute Gasteiger partial charge is 0.365 e. The number of anilines is 2. The van der Waals surface area contributed by atoms with Gasteiger partial charge in [0.05, 0.1) is 11.5 Å². The Hall–Kier alpha value is -3.54. The summed E-state index contributed by atoms with van der Waals surface area (Å²) in [7, 11) is 0. The highest BCUT2D eigenvalue weighted by molar-refractivity contribution is 6.07. The van der Waals surface area contributed by atoms with Gasteiger partial charge in [-0.05, 0) is 53.9 Å². The molecule has 3 aromatic rings. The molecule has 2 aromatic heterocycles. The van der Waals surface area contributed by atoms with E-state index in [2.05, 4.69) is 33.8 Å². The summed E-state index contributed by atoms with van der Waals surface area (Å²) in [6.45, 7) is 2.63. The maximum atomic E-state index is 12.8. The van der Waals surface area contributed by atoms with E-state index in [4.69, 9.17) is 0 Å². The van der Waals surface area contributed by atoms with Crippen LogP contribution >= 0.6 is 0 Å². The molecule has 6 nitrogen and oxygen atoms in total. The van der Waals surface area contributed by atoms with Crippen LogP contribution in [0.2, 0.25) is 0 Å². The number of hydrogen-bond donors (Lipinski definition) is 2. The van der Waals surface area contributed by atoms with E-state index in [0.717, 1.165) is 30.4 Å². The molecule has 6 heteroatoms. The number of nitrogens with one attached hydrogen (secondary N) is 2. The third-order valence-electron chi connectivity index (χ3n) is 4.82. The van der Waals surface area contributed by atoms with Crippen molar-refractivity contribution in [1.82, 2.24) is 9.97 Å². The lowest BCUT2D eigenvalue weighted by Crippen LogP contribution is -2.15. The minimum absolute atomic E-state index is 0.225. The van der Waals surface area contributed by atoms with Crippen molar-refractivity contribution in [3.8, 4) is 0 Å². The Balaban J connectivity index is 1.66. The first-order chi connectivity index (χ1) is 14.7. The fourth-order valence-electron chi connectivity index (χ4n) is 3.11. The second-order valence-electron chi connectivity index (χ2n) is 7.00. The zero-order valence-corrected chi connectivity index (χ0v) is 17.0. The Morgan fingerprint density at radius 2 is 1.83 bits per heavy atom. The monoisotopic (exact) mass is 401 g/mol. The second-order valence-corrected chi connectivity index (χ2v) is 7.00. The lowest BCUT2D eigenvalue weighted by Gasteiger charge is -2.13. The zero-order valence-electron chi connectivity index (χ0n) is 17.0. The van der Waals surface area contributed by atoms with Crippen molar-refractivity contribution in [3.63, 3.8) is 0 Å². The van der Waals surface area contributed by atoms with E-state index in [-0.39, 0.29) is 11.8 Å². The van der Waals surface area contributed by atoms with Gasteiger partial charge >= 0.3 is 0 Å². The molecule has 2 N–H and O–H groups in total. The van der Waals surface area contributed by atoms with Crippen LogP contribution in [-0.4, -0.2) is 22.2 Å². The van der Waals surface area contributed by atoms with Crippen LogP contribution in [-0.2, 0) is 11.3 Å². The summed E-state index contributed by atoms with van der Waals surface area (Å²) < 4.78 is 0. The van der Waals surface area contributed by atoms with E-state index in [1.54, 1.807) is 30.7 Å². The summed E-state index contributed by atoms with van der Waals surface area (Å²) in [6.07, 6.45) is 10.0. The lowest BCUT2D eigenvalue weighted by atomic mass is 9.95. The Labute approximate surface area is 176 Å². The number of pyridine rings is 2. The van der Waals surface area contributed by atoms with E-state index in [9.17, 15) is 9.59 Å². The molecule has 1 atom stereocenters. The molecule has 0 saturated carbocycles. The molecule has 1 unspecified atom stereocenters. The minimum Gasteiger partial charge on any atom is -0.365 e. The van der Waals surface area contributed by atoms with E-state index in [1.807, 2.05) is 36.4 Å². The molecule has 0 aliphatic rings. The van der Waals surface area contributed by atoms with Crippen LogP contribution in [0.15, 0.2) is 67.1 Å². The van der Waals surface area contributed by atoms with Gasteiger partial charge in [-0.15, -0.1) is 0 Å². The number of amides is 1. The molecule has 0 aliphatic carbocycles. The maximum Gasteiger partial charge on any atom is 0.259 e. The fraction of sp³-hybridized carbons (Fsp3) is 0.250.